The molecule has 0 atom stereocenters. The SMILES string of the molecule is COc1cc2nc(/C=C/c3cccc4c3CCCC4)nc(NC(=O)NN3CCCNCC3)c2cc1OC. The lowest BCUT2D eigenvalue weighted by molar-refractivity contribution is 0.193. The fourth-order valence-electron chi connectivity index (χ4n) is 5.01. The maximum absolute atomic E-state index is 12.9. The van der Waals surface area contributed by atoms with E-state index in [9.17, 15) is 4.79 Å². The largest absolute Gasteiger partial charge is 0.493 e. The summed E-state index contributed by atoms with van der Waals surface area (Å²) in [4.78, 5) is 22.4. The highest BCUT2D eigenvalue weighted by molar-refractivity contribution is 6.00. The smallest absolute Gasteiger partial charge is 0.334 e. The van der Waals surface area contributed by atoms with E-state index in [0.717, 1.165) is 45.4 Å². The zero-order valence-electron chi connectivity index (χ0n) is 21.5. The summed E-state index contributed by atoms with van der Waals surface area (Å²) in [5.41, 5.74) is 7.61. The first-order chi connectivity index (χ1) is 18.1. The Labute approximate surface area is 217 Å². The van der Waals surface area contributed by atoms with Crippen molar-refractivity contribution in [3.05, 3.63) is 52.8 Å². The summed E-state index contributed by atoms with van der Waals surface area (Å²) in [6, 6.07) is 9.72. The molecule has 2 aromatic carbocycles. The number of hydrazine groups is 1. The van der Waals surface area contributed by atoms with Crippen molar-refractivity contribution in [1.29, 1.82) is 0 Å². The van der Waals surface area contributed by atoms with Gasteiger partial charge in [0.2, 0.25) is 0 Å². The number of carbonyl (C=O) groups excluding carboxylic acids is 1. The Morgan fingerprint density at radius 1 is 1.00 bits per heavy atom. The van der Waals surface area contributed by atoms with Crippen molar-refractivity contribution >= 4 is 34.9 Å². The molecule has 3 N–H and O–H groups in total. The summed E-state index contributed by atoms with van der Waals surface area (Å²) >= 11 is 0. The van der Waals surface area contributed by atoms with E-state index in [1.807, 2.05) is 11.1 Å². The van der Waals surface area contributed by atoms with E-state index in [1.165, 1.54) is 29.5 Å². The number of carbonyl (C=O) groups is 1. The average Bonchev–Trinajstić information content (AvgIpc) is 3.19. The summed E-state index contributed by atoms with van der Waals surface area (Å²) < 4.78 is 11.0. The average molecular weight is 503 g/mol. The molecule has 0 unspecified atom stereocenters. The van der Waals surface area contributed by atoms with Gasteiger partial charge >= 0.3 is 6.03 Å². The number of nitrogens with zero attached hydrogens (tertiary/aromatic N) is 3. The predicted molar refractivity (Wildman–Crippen MR) is 146 cm³/mol. The van der Waals surface area contributed by atoms with Crippen LogP contribution < -0.4 is 25.5 Å². The minimum atomic E-state index is -0.344. The molecular weight excluding hydrogens is 468 g/mol. The lowest BCUT2D eigenvalue weighted by Gasteiger charge is -2.21. The highest BCUT2D eigenvalue weighted by Gasteiger charge is 2.17. The number of urea groups is 1. The molecule has 0 radical (unpaired) electrons. The molecule has 5 rings (SSSR count). The van der Waals surface area contributed by atoms with Gasteiger partial charge in [-0.25, -0.2) is 19.8 Å². The van der Waals surface area contributed by atoms with Crippen LogP contribution in [0.5, 0.6) is 11.5 Å². The molecule has 1 aliphatic heterocycles. The fourth-order valence-corrected chi connectivity index (χ4v) is 5.01. The third-order valence-electron chi connectivity index (χ3n) is 6.89. The predicted octanol–water partition coefficient (Wildman–Crippen LogP) is 4.03. The summed E-state index contributed by atoms with van der Waals surface area (Å²) in [6.07, 6.45) is 9.61. The molecule has 3 aromatic rings. The van der Waals surface area contributed by atoms with Gasteiger partial charge in [0, 0.05) is 31.1 Å². The van der Waals surface area contributed by atoms with Gasteiger partial charge in [0.05, 0.1) is 19.7 Å². The van der Waals surface area contributed by atoms with Gasteiger partial charge in [-0.2, -0.15) is 0 Å². The first kappa shape index (κ1) is 25.0. The van der Waals surface area contributed by atoms with Crippen molar-refractivity contribution in [2.45, 2.75) is 32.1 Å². The molecule has 0 spiro atoms. The van der Waals surface area contributed by atoms with Crippen LogP contribution >= 0.6 is 0 Å². The number of hydrogen-bond acceptors (Lipinski definition) is 7. The zero-order chi connectivity index (χ0) is 25.6. The van der Waals surface area contributed by atoms with Gasteiger partial charge in [0.15, 0.2) is 17.3 Å². The molecule has 1 saturated heterocycles. The molecule has 0 bridgehead atoms. The summed E-state index contributed by atoms with van der Waals surface area (Å²) in [5.74, 6) is 2.02. The fraction of sp³-hybridized carbons (Fsp3) is 0.393. The van der Waals surface area contributed by atoms with Gasteiger partial charge in [0.1, 0.15) is 5.82 Å². The maximum atomic E-state index is 12.9. The van der Waals surface area contributed by atoms with E-state index < -0.39 is 0 Å². The molecule has 2 aliphatic rings. The quantitative estimate of drug-likeness (QED) is 0.468. The van der Waals surface area contributed by atoms with E-state index >= 15 is 0 Å². The van der Waals surface area contributed by atoms with Gasteiger partial charge < -0.3 is 14.8 Å². The third-order valence-corrected chi connectivity index (χ3v) is 6.89. The van der Waals surface area contributed by atoms with Gasteiger partial charge in [-0.3, -0.25) is 10.7 Å². The highest BCUT2D eigenvalue weighted by Crippen LogP contribution is 2.34. The number of ether oxygens (including phenoxy) is 2. The van der Waals surface area contributed by atoms with Crippen LogP contribution in [0.2, 0.25) is 0 Å². The van der Waals surface area contributed by atoms with Gasteiger partial charge in [0.25, 0.3) is 0 Å². The van der Waals surface area contributed by atoms with Crippen LogP contribution in [-0.2, 0) is 12.8 Å². The Morgan fingerprint density at radius 2 is 1.84 bits per heavy atom. The second-order valence-corrected chi connectivity index (χ2v) is 9.34. The van der Waals surface area contributed by atoms with Crippen LogP contribution in [0.1, 0.15) is 41.8 Å². The molecule has 37 heavy (non-hydrogen) atoms. The number of nitrogens with one attached hydrogen (secondary N) is 3. The second kappa shape index (κ2) is 11.6. The number of hydrogen-bond donors (Lipinski definition) is 3. The van der Waals surface area contributed by atoms with Crippen molar-refractivity contribution in [2.24, 2.45) is 0 Å². The maximum Gasteiger partial charge on any atom is 0.334 e. The van der Waals surface area contributed by atoms with Crippen LogP contribution in [0.25, 0.3) is 23.1 Å². The molecule has 9 heteroatoms. The number of amides is 2. The van der Waals surface area contributed by atoms with Gasteiger partial charge in [-0.15, -0.1) is 0 Å². The van der Waals surface area contributed by atoms with Crippen LogP contribution in [0.4, 0.5) is 10.6 Å². The number of rotatable bonds is 6. The minimum absolute atomic E-state index is 0.344. The Kier molecular flexibility index (Phi) is 7.82. The summed E-state index contributed by atoms with van der Waals surface area (Å²) in [5, 5.41) is 8.86. The van der Waals surface area contributed by atoms with E-state index in [0.29, 0.717) is 34.0 Å². The van der Waals surface area contributed by atoms with E-state index in [-0.39, 0.29) is 6.03 Å². The molecule has 194 valence electrons. The van der Waals surface area contributed by atoms with E-state index in [4.69, 9.17) is 19.4 Å². The van der Waals surface area contributed by atoms with Crippen molar-refractivity contribution in [1.82, 2.24) is 25.7 Å². The van der Waals surface area contributed by atoms with Gasteiger partial charge in [-0.1, -0.05) is 24.3 Å². The number of methoxy groups -OCH3 is 2. The molecule has 1 aromatic heterocycles. The Bertz CT molecular complexity index is 1300. The number of benzene rings is 2. The van der Waals surface area contributed by atoms with Crippen LogP contribution in [0, 0.1) is 0 Å². The van der Waals surface area contributed by atoms with Crippen LogP contribution in [0.3, 0.4) is 0 Å². The van der Waals surface area contributed by atoms with Crippen LogP contribution in [0.15, 0.2) is 30.3 Å². The van der Waals surface area contributed by atoms with Crippen LogP contribution in [-0.4, -0.2) is 61.4 Å². The monoisotopic (exact) mass is 502 g/mol. The zero-order valence-corrected chi connectivity index (χ0v) is 21.5. The first-order valence-corrected chi connectivity index (χ1v) is 12.9. The molecular formula is C28H34N6O3. The molecule has 2 amide bonds. The van der Waals surface area contributed by atoms with Crippen molar-refractivity contribution in [2.75, 3.05) is 45.7 Å². The number of aromatic nitrogens is 2. The Balaban J connectivity index is 1.48. The Hall–Kier alpha value is -3.69. The van der Waals surface area contributed by atoms with Crippen molar-refractivity contribution < 1.29 is 14.3 Å². The van der Waals surface area contributed by atoms with E-state index in [2.05, 4.69) is 40.3 Å². The molecule has 2 heterocycles. The lowest BCUT2D eigenvalue weighted by atomic mass is 9.88. The van der Waals surface area contributed by atoms with Gasteiger partial charge in [-0.05, 0) is 67.5 Å². The number of aryl methyl sites for hydroxylation is 1. The molecule has 9 nitrogen and oxygen atoms in total. The third kappa shape index (κ3) is 5.84. The second-order valence-electron chi connectivity index (χ2n) is 9.34. The molecule has 1 aliphatic carbocycles. The van der Waals surface area contributed by atoms with E-state index in [1.54, 1.807) is 26.4 Å². The van der Waals surface area contributed by atoms with Crippen molar-refractivity contribution in [3.8, 4) is 11.5 Å². The summed E-state index contributed by atoms with van der Waals surface area (Å²) in [7, 11) is 3.17. The summed E-state index contributed by atoms with van der Waals surface area (Å²) in [6.45, 7) is 3.29. The normalized spacial score (nSPS) is 16.3. The number of fused-ring (bicyclic) bond motifs is 2. The Morgan fingerprint density at radius 3 is 2.70 bits per heavy atom. The topological polar surface area (TPSA) is 101 Å². The molecule has 0 saturated carbocycles. The highest BCUT2D eigenvalue weighted by atomic mass is 16.5. The lowest BCUT2D eigenvalue weighted by Crippen LogP contribution is -2.46. The molecule has 1 fully saturated rings. The number of anilines is 1. The van der Waals surface area contributed by atoms with Crippen molar-refractivity contribution in [3.63, 3.8) is 0 Å². The minimum Gasteiger partial charge on any atom is -0.493 e. The standard InChI is InChI=1S/C28H34N6O3/c1-36-24-17-22-23(18-25(24)37-2)30-26(12-11-20-9-5-8-19-7-3-4-10-21(19)20)31-27(22)32-28(35)33-34-15-6-13-29-14-16-34/h5,8-9,11-12,17-18,29H,3-4,6-7,10,13-16H2,1-2H3,(H2,30,31,32,33,35)/b12-11+. The first-order valence-electron chi connectivity index (χ1n) is 12.9.